The molecule has 0 saturated heterocycles. The van der Waals surface area contributed by atoms with Crippen LogP contribution in [0.4, 0.5) is 5.69 Å². The van der Waals surface area contributed by atoms with Crippen LogP contribution in [0.5, 0.6) is 0 Å². The quantitative estimate of drug-likeness (QED) is 0.543. The summed E-state index contributed by atoms with van der Waals surface area (Å²) < 4.78 is 0. The Morgan fingerprint density at radius 2 is 1.52 bits per heavy atom. The molecule has 2 atom stereocenters. The van der Waals surface area contributed by atoms with E-state index in [9.17, 15) is 5.11 Å². The lowest BCUT2D eigenvalue weighted by Gasteiger charge is -2.47. The van der Waals surface area contributed by atoms with Crippen molar-refractivity contribution in [2.24, 2.45) is 22.5 Å². The van der Waals surface area contributed by atoms with Crippen LogP contribution in [0, 0.1) is 16.7 Å². The lowest BCUT2D eigenvalue weighted by Crippen LogP contribution is -2.56. The summed E-state index contributed by atoms with van der Waals surface area (Å²) in [6.45, 7) is 12.6. The summed E-state index contributed by atoms with van der Waals surface area (Å²) in [6.07, 6.45) is 4.13. The molecule has 126 valence electrons. The number of benzene rings is 1. The Kier molecular flexibility index (Phi) is 4.25. The zero-order valence-electron chi connectivity index (χ0n) is 15.1. The van der Waals surface area contributed by atoms with Crippen molar-refractivity contribution in [3.05, 3.63) is 47.6 Å². The lowest BCUT2D eigenvalue weighted by molar-refractivity contribution is -0.0173. The van der Waals surface area contributed by atoms with Crippen LogP contribution in [0.25, 0.3) is 5.57 Å². The zero-order valence-corrected chi connectivity index (χ0v) is 15.1. The second-order valence-electron chi connectivity index (χ2n) is 8.72. The van der Waals surface area contributed by atoms with Crippen LogP contribution >= 0.6 is 0 Å². The molecule has 1 aromatic carbocycles. The highest BCUT2D eigenvalue weighted by atomic mass is 16.3. The van der Waals surface area contributed by atoms with Crippen molar-refractivity contribution in [3.63, 3.8) is 0 Å². The molecule has 1 aromatic rings. The second kappa shape index (κ2) is 5.50. The Morgan fingerprint density at radius 1 is 1.00 bits per heavy atom. The number of allylic oxidation sites excluding steroid dienone is 2. The minimum Gasteiger partial charge on any atom is -0.399 e. The van der Waals surface area contributed by atoms with Crippen LogP contribution in [0.15, 0.2) is 42.0 Å². The minimum atomic E-state index is -1.35. The van der Waals surface area contributed by atoms with E-state index in [1.54, 1.807) is 0 Å². The molecule has 0 aliphatic heterocycles. The summed E-state index contributed by atoms with van der Waals surface area (Å²) in [6, 6.07) is 7.82. The predicted molar refractivity (Wildman–Crippen MR) is 98.5 cm³/mol. The van der Waals surface area contributed by atoms with E-state index in [2.05, 4.69) is 47.6 Å². The first-order valence-electron chi connectivity index (χ1n) is 8.15. The number of hydrogen-bond acceptors (Lipinski definition) is 3. The van der Waals surface area contributed by atoms with Crippen LogP contribution < -0.4 is 11.5 Å². The third-order valence-electron chi connectivity index (χ3n) is 4.54. The van der Waals surface area contributed by atoms with Gasteiger partial charge in [0.05, 0.1) is 0 Å². The van der Waals surface area contributed by atoms with E-state index in [-0.39, 0.29) is 16.7 Å². The maximum absolute atomic E-state index is 11.1. The highest BCUT2D eigenvalue weighted by molar-refractivity contribution is 5.78. The third kappa shape index (κ3) is 3.51. The molecule has 1 aliphatic carbocycles. The van der Waals surface area contributed by atoms with E-state index < -0.39 is 5.72 Å². The van der Waals surface area contributed by atoms with Gasteiger partial charge >= 0.3 is 0 Å². The van der Waals surface area contributed by atoms with Gasteiger partial charge in [0.2, 0.25) is 0 Å². The molecule has 0 saturated carbocycles. The number of aliphatic hydroxyl groups is 1. The van der Waals surface area contributed by atoms with Gasteiger partial charge in [-0.2, -0.15) is 0 Å². The van der Waals surface area contributed by atoms with Crippen molar-refractivity contribution in [2.75, 3.05) is 5.73 Å². The van der Waals surface area contributed by atoms with Gasteiger partial charge < -0.3 is 10.8 Å². The summed E-state index contributed by atoms with van der Waals surface area (Å²) in [5.74, 6) is -0.179. The molecule has 0 heterocycles. The van der Waals surface area contributed by atoms with E-state index >= 15 is 0 Å². The molecule has 0 radical (unpaired) electrons. The molecule has 0 aromatic heterocycles. The van der Waals surface area contributed by atoms with Crippen LogP contribution in [0.3, 0.4) is 0 Å². The molecule has 5 N–H and O–H groups in total. The van der Waals surface area contributed by atoms with Crippen molar-refractivity contribution < 1.29 is 5.11 Å². The number of rotatable bonds is 1. The molecule has 0 amide bonds. The maximum atomic E-state index is 11.1. The van der Waals surface area contributed by atoms with Crippen LogP contribution in [0.2, 0.25) is 0 Å². The summed E-state index contributed by atoms with van der Waals surface area (Å²) in [7, 11) is 0. The molecule has 2 unspecified atom stereocenters. The first-order valence-corrected chi connectivity index (χ1v) is 8.15. The van der Waals surface area contributed by atoms with Gasteiger partial charge in [0.25, 0.3) is 0 Å². The summed E-state index contributed by atoms with van der Waals surface area (Å²) in [4.78, 5) is 0. The first-order chi connectivity index (χ1) is 10.3. The SMILES string of the molecule is CC(C)(C)C1=CC(c2ccc(N)cc2)=CC(C(C)(C)C)C1(N)O. The zero-order chi connectivity index (χ0) is 17.6. The molecule has 3 heteroatoms. The van der Waals surface area contributed by atoms with Gasteiger partial charge in [0, 0.05) is 11.6 Å². The molecule has 0 fully saturated rings. The van der Waals surface area contributed by atoms with E-state index in [1.165, 1.54) is 0 Å². The highest BCUT2D eigenvalue weighted by Crippen LogP contribution is 2.47. The molecular formula is C20H30N2O. The first kappa shape index (κ1) is 17.8. The minimum absolute atomic E-state index is 0.159. The average Bonchev–Trinajstić information content (AvgIpc) is 2.36. The Labute approximate surface area is 140 Å². The van der Waals surface area contributed by atoms with Gasteiger partial charge in [-0.15, -0.1) is 0 Å². The molecule has 0 spiro atoms. The number of nitrogens with two attached hydrogens (primary N) is 2. The average molecular weight is 314 g/mol. The molecule has 3 nitrogen and oxygen atoms in total. The van der Waals surface area contributed by atoms with Crippen molar-refractivity contribution in [1.29, 1.82) is 0 Å². The largest absolute Gasteiger partial charge is 0.399 e. The summed E-state index contributed by atoms with van der Waals surface area (Å²) in [5, 5.41) is 11.1. The van der Waals surface area contributed by atoms with Crippen molar-refractivity contribution in [1.82, 2.24) is 0 Å². The lowest BCUT2D eigenvalue weighted by atomic mass is 9.64. The molecule has 1 aliphatic rings. The van der Waals surface area contributed by atoms with Crippen LogP contribution in [-0.4, -0.2) is 10.8 Å². The number of hydrogen-bond donors (Lipinski definition) is 3. The Balaban J connectivity index is 2.63. The Hall–Kier alpha value is -1.58. The fourth-order valence-electron chi connectivity index (χ4n) is 3.38. The monoisotopic (exact) mass is 314 g/mol. The van der Waals surface area contributed by atoms with Crippen LogP contribution in [-0.2, 0) is 0 Å². The van der Waals surface area contributed by atoms with E-state index in [0.29, 0.717) is 0 Å². The van der Waals surface area contributed by atoms with E-state index in [4.69, 9.17) is 11.5 Å². The van der Waals surface area contributed by atoms with Gasteiger partial charge in [-0.05, 0) is 39.7 Å². The Bertz CT molecular complexity index is 638. The number of nitrogen functional groups attached to an aromatic ring is 1. The van der Waals surface area contributed by atoms with Crippen LogP contribution in [0.1, 0.15) is 47.1 Å². The van der Waals surface area contributed by atoms with Gasteiger partial charge in [0.1, 0.15) is 5.72 Å². The van der Waals surface area contributed by atoms with Crippen molar-refractivity contribution in [2.45, 2.75) is 47.3 Å². The fraction of sp³-hybridized carbons (Fsp3) is 0.500. The maximum Gasteiger partial charge on any atom is 0.143 e. The number of anilines is 1. The molecule has 23 heavy (non-hydrogen) atoms. The van der Waals surface area contributed by atoms with E-state index in [0.717, 1.165) is 22.4 Å². The Morgan fingerprint density at radius 3 is 1.96 bits per heavy atom. The predicted octanol–water partition coefficient (Wildman–Crippen LogP) is 3.95. The topological polar surface area (TPSA) is 72.3 Å². The smallest absolute Gasteiger partial charge is 0.143 e. The van der Waals surface area contributed by atoms with Crippen molar-refractivity contribution in [3.8, 4) is 0 Å². The van der Waals surface area contributed by atoms with Gasteiger partial charge in [-0.3, -0.25) is 5.73 Å². The second-order valence-corrected chi connectivity index (χ2v) is 8.72. The summed E-state index contributed by atoms with van der Waals surface area (Å²) >= 11 is 0. The fourth-order valence-corrected chi connectivity index (χ4v) is 3.38. The van der Waals surface area contributed by atoms with E-state index in [1.807, 2.05) is 30.3 Å². The molecular weight excluding hydrogens is 284 g/mol. The normalized spacial score (nSPS) is 25.8. The van der Waals surface area contributed by atoms with Gasteiger partial charge in [-0.25, -0.2) is 0 Å². The highest BCUT2D eigenvalue weighted by Gasteiger charge is 2.47. The van der Waals surface area contributed by atoms with Gasteiger partial charge in [0.15, 0.2) is 0 Å². The molecule has 0 bridgehead atoms. The summed E-state index contributed by atoms with van der Waals surface area (Å²) in [5.41, 5.74) is 14.3. The van der Waals surface area contributed by atoms with Crippen molar-refractivity contribution >= 4 is 11.3 Å². The van der Waals surface area contributed by atoms with Gasteiger partial charge in [-0.1, -0.05) is 65.8 Å². The molecule has 2 rings (SSSR count). The third-order valence-corrected chi connectivity index (χ3v) is 4.54. The standard InChI is InChI=1S/C20H30N2O/c1-18(2,3)16-11-14(13-7-9-15(21)10-8-13)12-17(19(4,5)6)20(16,22)23/h7-12,16,23H,21-22H2,1-6H3.